The van der Waals surface area contributed by atoms with E-state index in [1.165, 1.54) is 161 Å². The van der Waals surface area contributed by atoms with Crippen molar-refractivity contribution in [3.63, 3.8) is 0 Å². The fourth-order valence-corrected chi connectivity index (χ4v) is 7.16. The summed E-state index contributed by atoms with van der Waals surface area (Å²) in [6.45, 7) is 8.98. The van der Waals surface area contributed by atoms with Gasteiger partial charge in [-0.05, 0) is 25.2 Å². The zero-order valence-electron chi connectivity index (χ0n) is 36.7. The molecule has 6 heteroatoms. The topological polar surface area (TPSA) is 78.9 Å². The summed E-state index contributed by atoms with van der Waals surface area (Å²) in [7, 11) is 0. The minimum absolute atomic E-state index is 0.0635. The quantitative estimate of drug-likeness (QED) is 0.0349. The number of hydrogen-bond donors (Lipinski definition) is 0. The lowest BCUT2D eigenvalue weighted by molar-refractivity contribution is -0.167. The highest BCUT2D eigenvalue weighted by Crippen LogP contribution is 2.16. The molecule has 0 unspecified atom stereocenters. The molecule has 0 saturated heterocycles. The van der Waals surface area contributed by atoms with Gasteiger partial charge >= 0.3 is 17.9 Å². The van der Waals surface area contributed by atoms with Crippen molar-refractivity contribution in [2.24, 2.45) is 5.92 Å². The van der Waals surface area contributed by atoms with Crippen molar-refractivity contribution in [3.05, 3.63) is 0 Å². The second-order valence-electron chi connectivity index (χ2n) is 16.9. The van der Waals surface area contributed by atoms with Crippen LogP contribution in [0.4, 0.5) is 0 Å². The van der Waals surface area contributed by atoms with Crippen LogP contribution in [0.1, 0.15) is 265 Å². The molecule has 0 heterocycles. The zero-order valence-corrected chi connectivity index (χ0v) is 36.7. The Kier molecular flexibility index (Phi) is 41.3. The number of hydrogen-bond acceptors (Lipinski definition) is 6. The summed E-state index contributed by atoms with van der Waals surface area (Å²) < 4.78 is 16.7. The molecule has 0 radical (unpaired) electrons. The van der Waals surface area contributed by atoms with Gasteiger partial charge in [0, 0.05) is 19.3 Å². The van der Waals surface area contributed by atoms with Gasteiger partial charge in [0.1, 0.15) is 13.2 Å². The molecular weight excluding hydrogens is 673 g/mol. The third-order valence-corrected chi connectivity index (χ3v) is 10.8. The Labute approximate surface area is 336 Å². The summed E-state index contributed by atoms with van der Waals surface area (Å²) in [6, 6.07) is 0. The van der Waals surface area contributed by atoms with Crippen LogP contribution in [0.2, 0.25) is 0 Å². The Hall–Kier alpha value is -1.59. The molecule has 0 saturated carbocycles. The molecule has 54 heavy (non-hydrogen) atoms. The number of ether oxygens (including phenoxy) is 3. The molecule has 0 rings (SSSR count). The van der Waals surface area contributed by atoms with Crippen molar-refractivity contribution in [2.75, 3.05) is 13.2 Å². The van der Waals surface area contributed by atoms with E-state index in [0.29, 0.717) is 19.3 Å². The first-order chi connectivity index (χ1) is 26.4. The van der Waals surface area contributed by atoms with Crippen LogP contribution in [0.25, 0.3) is 0 Å². The predicted octanol–water partition coefficient (Wildman–Crippen LogP) is 15.1. The Bertz CT molecular complexity index is 811. The van der Waals surface area contributed by atoms with Gasteiger partial charge in [0.15, 0.2) is 6.10 Å². The van der Waals surface area contributed by atoms with E-state index in [1.807, 2.05) is 0 Å². The SMILES string of the molecule is CCCCCCCCCCCCCCCC(=O)O[C@@H](COC(=O)CCCCCCCCCCCC)COC(=O)CCCCCCCCCCCCC(C)C. The molecule has 0 aromatic carbocycles. The molecule has 0 spiro atoms. The van der Waals surface area contributed by atoms with Crippen LogP contribution in [0.15, 0.2) is 0 Å². The van der Waals surface area contributed by atoms with Gasteiger partial charge in [0.2, 0.25) is 0 Å². The van der Waals surface area contributed by atoms with Crippen molar-refractivity contribution in [3.8, 4) is 0 Å². The molecule has 1 atom stereocenters. The van der Waals surface area contributed by atoms with Crippen LogP contribution in [0, 0.1) is 5.92 Å². The molecule has 0 aliphatic carbocycles. The lowest BCUT2D eigenvalue weighted by atomic mass is 10.0. The van der Waals surface area contributed by atoms with E-state index in [1.54, 1.807) is 0 Å². The summed E-state index contributed by atoms with van der Waals surface area (Å²) >= 11 is 0. The van der Waals surface area contributed by atoms with E-state index in [4.69, 9.17) is 14.2 Å². The minimum atomic E-state index is -0.759. The van der Waals surface area contributed by atoms with Gasteiger partial charge < -0.3 is 14.2 Å². The van der Waals surface area contributed by atoms with Gasteiger partial charge in [0.05, 0.1) is 0 Å². The summed E-state index contributed by atoms with van der Waals surface area (Å²) in [4.78, 5) is 37.7. The number of carbonyl (C=O) groups excluding carboxylic acids is 3. The Morgan fingerprint density at radius 1 is 0.352 bits per heavy atom. The standard InChI is InChI=1S/C48H92O6/c1-5-7-9-11-13-15-17-18-19-25-29-33-37-41-48(51)54-45(42-52-46(49)39-35-31-27-23-16-14-12-10-8-6-2)43-53-47(50)40-36-32-28-24-21-20-22-26-30-34-38-44(3)4/h44-45H,5-43H2,1-4H3/t45-/m0/s1. The van der Waals surface area contributed by atoms with Crippen LogP contribution >= 0.6 is 0 Å². The number of esters is 3. The molecular formula is C48H92O6. The van der Waals surface area contributed by atoms with Crippen LogP contribution < -0.4 is 0 Å². The highest BCUT2D eigenvalue weighted by atomic mass is 16.6. The molecule has 0 aliphatic heterocycles. The van der Waals surface area contributed by atoms with Crippen LogP contribution in [0.3, 0.4) is 0 Å². The molecule has 320 valence electrons. The smallest absolute Gasteiger partial charge is 0.306 e. The van der Waals surface area contributed by atoms with E-state index >= 15 is 0 Å². The van der Waals surface area contributed by atoms with Gasteiger partial charge in [-0.1, -0.05) is 227 Å². The van der Waals surface area contributed by atoms with Crippen molar-refractivity contribution in [1.82, 2.24) is 0 Å². The first-order valence-corrected chi connectivity index (χ1v) is 23.9. The highest BCUT2D eigenvalue weighted by Gasteiger charge is 2.19. The fraction of sp³-hybridized carbons (Fsp3) is 0.938. The summed E-state index contributed by atoms with van der Waals surface area (Å²) in [6.07, 6.45) is 42.2. The highest BCUT2D eigenvalue weighted by molar-refractivity contribution is 5.71. The molecule has 0 aromatic rings. The molecule has 0 fully saturated rings. The van der Waals surface area contributed by atoms with Crippen LogP contribution in [0.5, 0.6) is 0 Å². The second-order valence-corrected chi connectivity index (χ2v) is 16.9. The van der Waals surface area contributed by atoms with E-state index < -0.39 is 6.10 Å². The lowest BCUT2D eigenvalue weighted by Crippen LogP contribution is -2.30. The normalized spacial score (nSPS) is 11.9. The van der Waals surface area contributed by atoms with E-state index in [-0.39, 0.29) is 31.1 Å². The molecule has 0 N–H and O–H groups in total. The lowest BCUT2D eigenvalue weighted by Gasteiger charge is -2.18. The Morgan fingerprint density at radius 3 is 0.907 bits per heavy atom. The number of unbranched alkanes of at least 4 members (excludes halogenated alkanes) is 30. The minimum Gasteiger partial charge on any atom is -0.462 e. The van der Waals surface area contributed by atoms with Crippen LogP contribution in [-0.2, 0) is 28.6 Å². The van der Waals surface area contributed by atoms with E-state index in [9.17, 15) is 14.4 Å². The average molecular weight is 765 g/mol. The fourth-order valence-electron chi connectivity index (χ4n) is 7.16. The molecule has 0 amide bonds. The van der Waals surface area contributed by atoms with Crippen LogP contribution in [-0.4, -0.2) is 37.2 Å². The van der Waals surface area contributed by atoms with Gasteiger partial charge in [-0.25, -0.2) is 0 Å². The Morgan fingerprint density at radius 2 is 0.611 bits per heavy atom. The molecule has 0 aromatic heterocycles. The first-order valence-electron chi connectivity index (χ1n) is 23.9. The van der Waals surface area contributed by atoms with Gasteiger partial charge in [-0.3, -0.25) is 14.4 Å². The zero-order chi connectivity index (χ0) is 39.6. The van der Waals surface area contributed by atoms with E-state index in [0.717, 1.165) is 63.7 Å². The monoisotopic (exact) mass is 765 g/mol. The Balaban J connectivity index is 4.32. The molecule has 6 nitrogen and oxygen atoms in total. The van der Waals surface area contributed by atoms with Crippen molar-refractivity contribution in [1.29, 1.82) is 0 Å². The van der Waals surface area contributed by atoms with Crippen molar-refractivity contribution >= 4 is 17.9 Å². The number of carbonyl (C=O) groups is 3. The maximum absolute atomic E-state index is 12.7. The van der Waals surface area contributed by atoms with Gasteiger partial charge in [-0.15, -0.1) is 0 Å². The van der Waals surface area contributed by atoms with Crippen molar-refractivity contribution in [2.45, 2.75) is 271 Å². The van der Waals surface area contributed by atoms with E-state index in [2.05, 4.69) is 27.7 Å². The first kappa shape index (κ1) is 52.4. The molecule has 0 bridgehead atoms. The summed E-state index contributed by atoms with van der Waals surface area (Å²) in [5, 5.41) is 0. The largest absolute Gasteiger partial charge is 0.462 e. The maximum atomic E-state index is 12.7. The number of rotatable bonds is 43. The average Bonchev–Trinajstić information content (AvgIpc) is 3.15. The third kappa shape index (κ3) is 41.6. The molecule has 0 aliphatic rings. The summed E-state index contributed by atoms with van der Waals surface area (Å²) in [5.41, 5.74) is 0. The second kappa shape index (κ2) is 42.6. The third-order valence-electron chi connectivity index (χ3n) is 10.8. The van der Waals surface area contributed by atoms with Gasteiger partial charge in [0.25, 0.3) is 0 Å². The predicted molar refractivity (Wildman–Crippen MR) is 229 cm³/mol. The summed E-state index contributed by atoms with van der Waals surface area (Å²) in [5.74, 6) is -0.0332. The van der Waals surface area contributed by atoms with Gasteiger partial charge in [-0.2, -0.15) is 0 Å². The maximum Gasteiger partial charge on any atom is 0.306 e. The van der Waals surface area contributed by atoms with Crippen molar-refractivity contribution < 1.29 is 28.6 Å².